The highest BCUT2D eigenvalue weighted by Gasteiger charge is 2.44. The SMILES string of the molecule is N#Cc1ccc(CN2CCN(C(=O)C3(c4ccc5c(c4)OCO5)CCCCC3)CC2)cc1. The number of ether oxygens (including phenoxy) is 2. The van der Waals surface area contributed by atoms with Crippen molar-refractivity contribution >= 4 is 5.91 Å². The molecule has 2 aliphatic heterocycles. The lowest BCUT2D eigenvalue weighted by Gasteiger charge is -2.43. The van der Waals surface area contributed by atoms with Crippen LogP contribution in [0.25, 0.3) is 0 Å². The van der Waals surface area contributed by atoms with Crippen LogP contribution in [0.3, 0.4) is 0 Å². The van der Waals surface area contributed by atoms with Gasteiger partial charge in [-0.1, -0.05) is 37.5 Å². The molecule has 0 unspecified atom stereocenters. The Bertz CT molecular complexity index is 1010. The highest BCUT2D eigenvalue weighted by Crippen LogP contribution is 2.44. The molecule has 2 fully saturated rings. The van der Waals surface area contributed by atoms with Crippen LogP contribution in [0.2, 0.25) is 0 Å². The Morgan fingerprint density at radius 2 is 1.66 bits per heavy atom. The average molecular weight is 432 g/mol. The van der Waals surface area contributed by atoms with Gasteiger partial charge in [0.05, 0.1) is 17.0 Å². The van der Waals surface area contributed by atoms with E-state index in [-0.39, 0.29) is 12.7 Å². The van der Waals surface area contributed by atoms with Gasteiger partial charge in [-0.15, -0.1) is 0 Å². The Hall–Kier alpha value is -3.04. The first kappa shape index (κ1) is 20.8. The van der Waals surface area contributed by atoms with Crippen molar-refractivity contribution in [3.8, 4) is 17.6 Å². The van der Waals surface area contributed by atoms with Gasteiger partial charge in [-0.25, -0.2) is 0 Å². The van der Waals surface area contributed by atoms with E-state index in [2.05, 4.69) is 21.9 Å². The molecule has 2 aromatic rings. The fourth-order valence-corrected chi connectivity index (χ4v) is 5.33. The minimum atomic E-state index is -0.450. The second kappa shape index (κ2) is 8.84. The first-order valence-electron chi connectivity index (χ1n) is 11.6. The van der Waals surface area contributed by atoms with Crippen LogP contribution in [0.15, 0.2) is 42.5 Å². The molecule has 6 nitrogen and oxygen atoms in total. The summed E-state index contributed by atoms with van der Waals surface area (Å²) in [6.07, 6.45) is 5.16. The van der Waals surface area contributed by atoms with Crippen LogP contribution in [0.5, 0.6) is 11.5 Å². The van der Waals surface area contributed by atoms with Gasteiger partial charge in [-0.3, -0.25) is 9.69 Å². The van der Waals surface area contributed by atoms with E-state index in [1.165, 1.54) is 12.0 Å². The fraction of sp³-hybridized carbons (Fsp3) is 0.462. The summed E-state index contributed by atoms with van der Waals surface area (Å²) >= 11 is 0. The predicted octanol–water partition coefficient (Wildman–Crippen LogP) is 3.83. The summed E-state index contributed by atoms with van der Waals surface area (Å²) in [7, 11) is 0. The van der Waals surface area contributed by atoms with Crippen molar-refractivity contribution in [3.05, 3.63) is 59.2 Å². The van der Waals surface area contributed by atoms with Gasteiger partial charge in [-0.05, 0) is 48.2 Å². The number of nitrogens with zero attached hydrogens (tertiary/aromatic N) is 3. The van der Waals surface area contributed by atoms with E-state index in [1.807, 2.05) is 36.4 Å². The van der Waals surface area contributed by atoms with Crippen molar-refractivity contribution in [2.45, 2.75) is 44.1 Å². The maximum atomic E-state index is 13.9. The van der Waals surface area contributed by atoms with E-state index in [9.17, 15) is 4.79 Å². The minimum Gasteiger partial charge on any atom is -0.454 e. The number of rotatable bonds is 4. The van der Waals surface area contributed by atoms with E-state index in [0.717, 1.165) is 75.5 Å². The average Bonchev–Trinajstić information content (AvgIpc) is 3.33. The van der Waals surface area contributed by atoms with E-state index >= 15 is 0 Å². The number of fused-ring (bicyclic) bond motifs is 1. The topological polar surface area (TPSA) is 65.8 Å². The number of hydrogen-bond donors (Lipinski definition) is 0. The zero-order valence-corrected chi connectivity index (χ0v) is 18.4. The molecular formula is C26H29N3O3. The second-order valence-electron chi connectivity index (χ2n) is 9.09. The maximum Gasteiger partial charge on any atom is 0.233 e. The van der Waals surface area contributed by atoms with Crippen LogP contribution in [0.4, 0.5) is 0 Å². The van der Waals surface area contributed by atoms with Crippen molar-refractivity contribution < 1.29 is 14.3 Å². The molecular weight excluding hydrogens is 402 g/mol. The highest BCUT2D eigenvalue weighted by atomic mass is 16.7. The van der Waals surface area contributed by atoms with Gasteiger partial charge in [0.15, 0.2) is 11.5 Å². The third kappa shape index (κ3) is 3.93. The fourth-order valence-electron chi connectivity index (χ4n) is 5.33. The first-order valence-corrected chi connectivity index (χ1v) is 11.6. The van der Waals surface area contributed by atoms with E-state index < -0.39 is 5.41 Å². The van der Waals surface area contributed by atoms with Gasteiger partial charge < -0.3 is 14.4 Å². The van der Waals surface area contributed by atoms with Gasteiger partial charge in [0.2, 0.25) is 12.7 Å². The summed E-state index contributed by atoms with van der Waals surface area (Å²) in [5.41, 5.74) is 2.51. The summed E-state index contributed by atoms with van der Waals surface area (Å²) in [6, 6.07) is 16.0. The van der Waals surface area contributed by atoms with Crippen molar-refractivity contribution in [1.29, 1.82) is 5.26 Å². The van der Waals surface area contributed by atoms with E-state index in [4.69, 9.17) is 14.7 Å². The number of nitriles is 1. The van der Waals surface area contributed by atoms with Crippen molar-refractivity contribution in [1.82, 2.24) is 9.80 Å². The smallest absolute Gasteiger partial charge is 0.233 e. The lowest BCUT2D eigenvalue weighted by atomic mass is 9.68. The molecule has 0 bridgehead atoms. The summed E-state index contributed by atoms with van der Waals surface area (Å²) in [4.78, 5) is 18.4. The lowest BCUT2D eigenvalue weighted by Crippen LogP contribution is -2.54. The van der Waals surface area contributed by atoms with Gasteiger partial charge in [-0.2, -0.15) is 5.26 Å². The van der Waals surface area contributed by atoms with Crippen molar-refractivity contribution in [2.75, 3.05) is 33.0 Å². The monoisotopic (exact) mass is 431 g/mol. The molecule has 0 radical (unpaired) electrons. The van der Waals surface area contributed by atoms with Crippen LogP contribution < -0.4 is 9.47 Å². The van der Waals surface area contributed by atoms with Gasteiger partial charge in [0.1, 0.15) is 0 Å². The molecule has 166 valence electrons. The minimum absolute atomic E-state index is 0.251. The number of benzene rings is 2. The molecule has 2 aromatic carbocycles. The molecule has 0 aromatic heterocycles. The third-order valence-corrected chi connectivity index (χ3v) is 7.19. The first-order chi connectivity index (χ1) is 15.7. The molecule has 1 saturated carbocycles. The molecule has 2 heterocycles. The van der Waals surface area contributed by atoms with Crippen molar-refractivity contribution in [3.63, 3.8) is 0 Å². The number of carbonyl (C=O) groups excluding carboxylic acids is 1. The highest BCUT2D eigenvalue weighted by molar-refractivity contribution is 5.89. The zero-order chi connectivity index (χ0) is 22.0. The maximum absolute atomic E-state index is 13.9. The summed E-state index contributed by atoms with van der Waals surface area (Å²) in [6.45, 7) is 4.33. The van der Waals surface area contributed by atoms with Crippen LogP contribution in [0, 0.1) is 11.3 Å². The zero-order valence-electron chi connectivity index (χ0n) is 18.4. The molecule has 32 heavy (non-hydrogen) atoms. The quantitative estimate of drug-likeness (QED) is 0.736. The third-order valence-electron chi connectivity index (χ3n) is 7.19. The van der Waals surface area contributed by atoms with Gasteiger partial charge in [0.25, 0.3) is 0 Å². The second-order valence-corrected chi connectivity index (χ2v) is 9.09. The molecule has 1 amide bonds. The van der Waals surface area contributed by atoms with Gasteiger partial charge >= 0.3 is 0 Å². The molecule has 1 aliphatic carbocycles. The molecule has 0 N–H and O–H groups in total. The predicted molar refractivity (Wildman–Crippen MR) is 120 cm³/mol. The Labute approximate surface area is 189 Å². The molecule has 0 atom stereocenters. The number of carbonyl (C=O) groups is 1. The Balaban J connectivity index is 1.28. The largest absolute Gasteiger partial charge is 0.454 e. The van der Waals surface area contributed by atoms with Crippen LogP contribution >= 0.6 is 0 Å². The molecule has 3 aliphatic rings. The van der Waals surface area contributed by atoms with Crippen LogP contribution in [0.1, 0.15) is 48.8 Å². The summed E-state index contributed by atoms with van der Waals surface area (Å²) in [5.74, 6) is 1.80. The summed E-state index contributed by atoms with van der Waals surface area (Å²) < 4.78 is 11.1. The van der Waals surface area contributed by atoms with Gasteiger partial charge in [0, 0.05) is 32.7 Å². The molecule has 5 rings (SSSR count). The molecule has 6 heteroatoms. The van der Waals surface area contributed by atoms with E-state index in [1.54, 1.807) is 0 Å². The standard InChI is InChI=1S/C26H29N3O3/c27-17-20-4-6-21(7-5-20)18-28-12-14-29(15-13-28)25(30)26(10-2-1-3-11-26)22-8-9-23-24(16-22)32-19-31-23/h4-9,16H,1-3,10-15,18-19H2. The summed E-state index contributed by atoms with van der Waals surface area (Å²) in [5, 5.41) is 8.98. The number of hydrogen-bond acceptors (Lipinski definition) is 5. The Morgan fingerprint density at radius 3 is 2.38 bits per heavy atom. The number of piperazine rings is 1. The normalized spacial score (nSPS) is 20.0. The van der Waals surface area contributed by atoms with Crippen LogP contribution in [-0.4, -0.2) is 48.7 Å². The number of amides is 1. The lowest BCUT2D eigenvalue weighted by molar-refractivity contribution is -0.140. The van der Waals surface area contributed by atoms with Crippen molar-refractivity contribution in [2.24, 2.45) is 0 Å². The van der Waals surface area contributed by atoms with E-state index in [0.29, 0.717) is 5.56 Å². The van der Waals surface area contributed by atoms with Crippen LogP contribution in [-0.2, 0) is 16.8 Å². The Kier molecular flexibility index (Phi) is 5.75. The molecule has 1 saturated heterocycles. The Morgan fingerprint density at radius 1 is 0.938 bits per heavy atom. The molecule has 0 spiro atoms.